The second-order valence-electron chi connectivity index (χ2n) is 4.53. The Kier molecular flexibility index (Phi) is 3.42. The summed E-state index contributed by atoms with van der Waals surface area (Å²) in [5, 5.41) is 0. The summed E-state index contributed by atoms with van der Waals surface area (Å²) in [5.74, 6) is -0.396. The first-order valence-corrected chi connectivity index (χ1v) is 5.08. The molecule has 1 aromatic heterocycles. The smallest absolute Gasteiger partial charge is 0.223 e. The van der Waals surface area contributed by atoms with E-state index in [9.17, 15) is 9.59 Å². The van der Waals surface area contributed by atoms with Gasteiger partial charge in [0.05, 0.1) is 5.69 Å². The van der Waals surface area contributed by atoms with Crippen molar-refractivity contribution >= 4 is 12.2 Å². The zero-order chi connectivity index (χ0) is 12.3. The summed E-state index contributed by atoms with van der Waals surface area (Å²) >= 11 is 0. The number of nitrogens with zero attached hydrogens (tertiary/aromatic N) is 1. The van der Waals surface area contributed by atoms with Crippen LogP contribution in [0.25, 0.3) is 0 Å². The number of hydrogen-bond acceptors (Lipinski definition) is 3. The Morgan fingerprint density at radius 1 is 1.50 bits per heavy atom. The van der Waals surface area contributed by atoms with Gasteiger partial charge in [0.25, 0.3) is 0 Å². The van der Waals surface area contributed by atoms with Crippen molar-refractivity contribution in [3.05, 3.63) is 29.1 Å². The first-order valence-electron chi connectivity index (χ1n) is 5.08. The molecule has 0 spiro atoms. The van der Waals surface area contributed by atoms with E-state index in [4.69, 9.17) is 5.73 Å². The van der Waals surface area contributed by atoms with Crippen LogP contribution in [-0.4, -0.2) is 17.2 Å². The third-order valence-electron chi connectivity index (χ3n) is 2.55. The molecular formula is C12H16N2O2. The molecule has 4 nitrogen and oxygen atoms in total. The third kappa shape index (κ3) is 2.66. The van der Waals surface area contributed by atoms with Gasteiger partial charge in [-0.15, -0.1) is 0 Å². The lowest BCUT2D eigenvalue weighted by Gasteiger charge is -2.20. The minimum atomic E-state index is -0.696. The normalized spacial score (nSPS) is 11.2. The maximum absolute atomic E-state index is 11.2. The summed E-state index contributed by atoms with van der Waals surface area (Å²) in [7, 11) is 0. The van der Waals surface area contributed by atoms with Crippen LogP contribution in [0, 0.1) is 12.3 Å². The van der Waals surface area contributed by atoms with E-state index in [0.717, 1.165) is 12.0 Å². The fourth-order valence-corrected chi connectivity index (χ4v) is 1.38. The molecule has 0 aliphatic carbocycles. The van der Waals surface area contributed by atoms with Gasteiger partial charge in [-0.3, -0.25) is 14.6 Å². The summed E-state index contributed by atoms with van der Waals surface area (Å²) in [6.07, 6.45) is 1.12. The number of rotatable bonds is 4. The van der Waals surface area contributed by atoms with E-state index in [-0.39, 0.29) is 0 Å². The molecular weight excluding hydrogens is 204 g/mol. The van der Waals surface area contributed by atoms with Crippen molar-refractivity contribution in [1.29, 1.82) is 0 Å². The van der Waals surface area contributed by atoms with E-state index in [1.54, 1.807) is 26.0 Å². The van der Waals surface area contributed by atoms with Crippen LogP contribution in [0.5, 0.6) is 0 Å². The Labute approximate surface area is 94.9 Å². The standard InChI is InChI=1S/C12H16N2O2/c1-8-4-5-9(7-15)10(14-8)6-12(2,3)11(13)16/h4-5,7H,6H2,1-3H3,(H2,13,16). The molecule has 0 aliphatic heterocycles. The fraction of sp³-hybridized carbons (Fsp3) is 0.417. The van der Waals surface area contributed by atoms with Crippen molar-refractivity contribution < 1.29 is 9.59 Å². The molecule has 0 aromatic carbocycles. The third-order valence-corrected chi connectivity index (χ3v) is 2.55. The minimum absolute atomic E-state index is 0.373. The molecule has 1 aromatic rings. The van der Waals surface area contributed by atoms with Gasteiger partial charge in [-0.2, -0.15) is 0 Å². The lowest BCUT2D eigenvalue weighted by atomic mass is 9.86. The van der Waals surface area contributed by atoms with E-state index in [1.807, 2.05) is 6.92 Å². The number of aldehydes is 1. The number of hydrogen-bond donors (Lipinski definition) is 1. The quantitative estimate of drug-likeness (QED) is 0.776. The molecule has 2 N–H and O–H groups in total. The second-order valence-corrected chi connectivity index (χ2v) is 4.53. The van der Waals surface area contributed by atoms with Crippen LogP contribution in [0.1, 0.15) is 35.6 Å². The molecule has 1 amide bonds. The van der Waals surface area contributed by atoms with Crippen LogP contribution in [0.2, 0.25) is 0 Å². The number of aromatic nitrogens is 1. The van der Waals surface area contributed by atoms with E-state index in [0.29, 0.717) is 17.7 Å². The van der Waals surface area contributed by atoms with Crippen LogP contribution in [0.4, 0.5) is 0 Å². The topological polar surface area (TPSA) is 73.1 Å². The highest BCUT2D eigenvalue weighted by Crippen LogP contribution is 2.22. The maximum atomic E-state index is 11.2. The molecule has 0 atom stereocenters. The summed E-state index contributed by atoms with van der Waals surface area (Å²) in [6.45, 7) is 5.33. The number of amides is 1. The summed E-state index contributed by atoms with van der Waals surface area (Å²) in [6, 6.07) is 3.48. The molecule has 1 rings (SSSR count). The van der Waals surface area contributed by atoms with Crippen LogP contribution >= 0.6 is 0 Å². The first kappa shape index (κ1) is 12.4. The van der Waals surface area contributed by atoms with Crippen LogP contribution in [-0.2, 0) is 11.2 Å². The molecule has 0 aliphatic rings. The molecule has 0 unspecified atom stereocenters. The average molecular weight is 220 g/mol. The van der Waals surface area contributed by atoms with Crippen molar-refractivity contribution in [2.24, 2.45) is 11.1 Å². The summed E-state index contributed by atoms with van der Waals surface area (Å²) < 4.78 is 0. The molecule has 0 bridgehead atoms. The van der Waals surface area contributed by atoms with Crippen LogP contribution in [0.15, 0.2) is 12.1 Å². The van der Waals surface area contributed by atoms with Gasteiger partial charge in [0.2, 0.25) is 5.91 Å². The van der Waals surface area contributed by atoms with E-state index >= 15 is 0 Å². The maximum Gasteiger partial charge on any atom is 0.223 e. The van der Waals surface area contributed by atoms with Gasteiger partial charge in [-0.05, 0) is 19.1 Å². The van der Waals surface area contributed by atoms with Crippen LogP contribution < -0.4 is 5.73 Å². The van der Waals surface area contributed by atoms with Gasteiger partial charge in [0, 0.05) is 23.1 Å². The largest absolute Gasteiger partial charge is 0.369 e. The lowest BCUT2D eigenvalue weighted by molar-refractivity contribution is -0.125. The minimum Gasteiger partial charge on any atom is -0.369 e. The highest BCUT2D eigenvalue weighted by Gasteiger charge is 2.27. The van der Waals surface area contributed by atoms with Gasteiger partial charge in [0.15, 0.2) is 6.29 Å². The molecule has 0 saturated carbocycles. The Balaban J connectivity index is 3.09. The average Bonchev–Trinajstić information content (AvgIpc) is 2.17. The fourth-order valence-electron chi connectivity index (χ4n) is 1.38. The summed E-state index contributed by atoms with van der Waals surface area (Å²) in [4.78, 5) is 26.3. The number of carbonyl (C=O) groups excluding carboxylic acids is 2. The number of aryl methyl sites for hydroxylation is 1. The van der Waals surface area contributed by atoms with Crippen molar-refractivity contribution in [2.75, 3.05) is 0 Å². The summed E-state index contributed by atoms with van der Waals surface area (Å²) in [5.41, 5.74) is 6.55. The van der Waals surface area contributed by atoms with Gasteiger partial charge < -0.3 is 5.73 Å². The molecule has 0 fully saturated rings. The Morgan fingerprint density at radius 2 is 2.12 bits per heavy atom. The Morgan fingerprint density at radius 3 is 2.62 bits per heavy atom. The van der Waals surface area contributed by atoms with E-state index in [1.165, 1.54) is 0 Å². The molecule has 1 heterocycles. The van der Waals surface area contributed by atoms with E-state index < -0.39 is 11.3 Å². The molecule has 4 heteroatoms. The van der Waals surface area contributed by atoms with Crippen molar-refractivity contribution in [3.8, 4) is 0 Å². The Hall–Kier alpha value is -1.71. The predicted molar refractivity (Wildman–Crippen MR) is 61.0 cm³/mol. The molecule has 16 heavy (non-hydrogen) atoms. The monoisotopic (exact) mass is 220 g/mol. The Bertz CT molecular complexity index is 425. The van der Waals surface area contributed by atoms with Gasteiger partial charge in [-0.25, -0.2) is 0 Å². The van der Waals surface area contributed by atoms with Gasteiger partial charge in [0.1, 0.15) is 0 Å². The molecule has 0 radical (unpaired) electrons. The zero-order valence-electron chi connectivity index (χ0n) is 9.78. The van der Waals surface area contributed by atoms with Crippen LogP contribution in [0.3, 0.4) is 0 Å². The van der Waals surface area contributed by atoms with Crippen molar-refractivity contribution in [3.63, 3.8) is 0 Å². The number of pyridine rings is 1. The van der Waals surface area contributed by atoms with Gasteiger partial charge in [-0.1, -0.05) is 13.8 Å². The lowest BCUT2D eigenvalue weighted by Crippen LogP contribution is -2.34. The highest BCUT2D eigenvalue weighted by molar-refractivity contribution is 5.81. The first-order chi connectivity index (χ1) is 7.36. The number of primary amides is 1. The molecule has 86 valence electrons. The van der Waals surface area contributed by atoms with Gasteiger partial charge >= 0.3 is 0 Å². The van der Waals surface area contributed by atoms with Crippen molar-refractivity contribution in [1.82, 2.24) is 4.98 Å². The second kappa shape index (κ2) is 4.43. The number of nitrogens with two attached hydrogens (primary N) is 1. The molecule has 0 saturated heterocycles. The SMILES string of the molecule is Cc1ccc(C=O)c(CC(C)(C)C(N)=O)n1. The highest BCUT2D eigenvalue weighted by atomic mass is 16.1. The predicted octanol–water partition coefficient (Wildman–Crippen LogP) is 1.26. The van der Waals surface area contributed by atoms with E-state index in [2.05, 4.69) is 4.98 Å². The zero-order valence-corrected chi connectivity index (χ0v) is 9.78. The van der Waals surface area contributed by atoms with Crippen molar-refractivity contribution in [2.45, 2.75) is 27.2 Å². The number of carbonyl (C=O) groups is 2.